The monoisotopic (exact) mass is 271 g/mol. The highest BCUT2D eigenvalue weighted by atomic mass is 16.5. The highest BCUT2D eigenvalue weighted by Crippen LogP contribution is 2.33. The van der Waals surface area contributed by atoms with Gasteiger partial charge in [-0.3, -0.25) is 4.98 Å². The standard InChI is InChI=1S/C15H17N3O2/c1-16-12-7-13(10-17-9-12)18-11-3-4-14-15(8-11)20-6-2-5-19-14/h3-4,7-10,16,18H,2,5-6H2,1H3. The van der Waals surface area contributed by atoms with Gasteiger partial charge in [-0.25, -0.2) is 0 Å². The van der Waals surface area contributed by atoms with Gasteiger partial charge in [-0.15, -0.1) is 0 Å². The van der Waals surface area contributed by atoms with Crippen molar-refractivity contribution < 1.29 is 9.47 Å². The van der Waals surface area contributed by atoms with Crippen LogP contribution in [0.5, 0.6) is 11.5 Å². The van der Waals surface area contributed by atoms with Gasteiger partial charge in [0.1, 0.15) is 0 Å². The zero-order chi connectivity index (χ0) is 13.8. The molecule has 0 aliphatic carbocycles. The molecule has 5 heteroatoms. The smallest absolute Gasteiger partial charge is 0.163 e. The Kier molecular flexibility index (Phi) is 3.58. The minimum Gasteiger partial charge on any atom is -0.490 e. The number of benzene rings is 1. The molecule has 1 aliphatic heterocycles. The molecule has 0 amide bonds. The summed E-state index contributed by atoms with van der Waals surface area (Å²) in [5.41, 5.74) is 2.83. The lowest BCUT2D eigenvalue weighted by Crippen LogP contribution is -1.97. The van der Waals surface area contributed by atoms with Crippen molar-refractivity contribution in [3.63, 3.8) is 0 Å². The summed E-state index contributed by atoms with van der Waals surface area (Å²) in [6, 6.07) is 7.85. The second-order valence-electron chi connectivity index (χ2n) is 4.55. The Morgan fingerprint density at radius 3 is 2.60 bits per heavy atom. The lowest BCUT2D eigenvalue weighted by Gasteiger charge is -2.11. The van der Waals surface area contributed by atoms with Gasteiger partial charge < -0.3 is 20.1 Å². The highest BCUT2D eigenvalue weighted by Gasteiger charge is 2.10. The number of hydrogen-bond acceptors (Lipinski definition) is 5. The molecule has 0 atom stereocenters. The van der Waals surface area contributed by atoms with E-state index in [1.807, 2.05) is 31.3 Å². The maximum atomic E-state index is 5.68. The van der Waals surface area contributed by atoms with Crippen molar-refractivity contribution in [1.29, 1.82) is 0 Å². The summed E-state index contributed by atoms with van der Waals surface area (Å²) in [4.78, 5) is 4.17. The minimum absolute atomic E-state index is 0.688. The van der Waals surface area contributed by atoms with E-state index in [1.54, 1.807) is 12.4 Å². The quantitative estimate of drug-likeness (QED) is 0.898. The van der Waals surface area contributed by atoms with Gasteiger partial charge in [-0.1, -0.05) is 0 Å². The number of fused-ring (bicyclic) bond motifs is 1. The number of aromatic nitrogens is 1. The number of ether oxygens (including phenoxy) is 2. The van der Waals surface area contributed by atoms with Crippen LogP contribution in [0.2, 0.25) is 0 Å². The molecule has 3 rings (SSSR count). The Hall–Kier alpha value is -2.43. The number of nitrogens with zero attached hydrogens (tertiary/aromatic N) is 1. The lowest BCUT2D eigenvalue weighted by molar-refractivity contribution is 0.297. The zero-order valence-corrected chi connectivity index (χ0v) is 11.3. The summed E-state index contributed by atoms with van der Waals surface area (Å²) < 4.78 is 11.3. The van der Waals surface area contributed by atoms with Crippen LogP contribution in [0.1, 0.15) is 6.42 Å². The molecular weight excluding hydrogens is 254 g/mol. The first-order chi connectivity index (χ1) is 9.85. The van der Waals surface area contributed by atoms with Crippen LogP contribution in [0, 0.1) is 0 Å². The first-order valence-electron chi connectivity index (χ1n) is 6.64. The second-order valence-corrected chi connectivity index (χ2v) is 4.55. The Balaban J connectivity index is 1.82. The highest BCUT2D eigenvalue weighted by molar-refractivity contribution is 5.65. The van der Waals surface area contributed by atoms with E-state index in [2.05, 4.69) is 15.6 Å². The molecule has 1 aromatic carbocycles. The van der Waals surface area contributed by atoms with Gasteiger partial charge in [0.05, 0.1) is 37.0 Å². The molecule has 1 aromatic heterocycles. The molecule has 20 heavy (non-hydrogen) atoms. The zero-order valence-electron chi connectivity index (χ0n) is 11.3. The summed E-state index contributed by atoms with van der Waals surface area (Å²) in [6.07, 6.45) is 4.47. The molecule has 1 aliphatic rings. The predicted molar refractivity (Wildman–Crippen MR) is 79.1 cm³/mol. The van der Waals surface area contributed by atoms with E-state index in [9.17, 15) is 0 Å². The number of hydrogen-bond donors (Lipinski definition) is 2. The van der Waals surface area contributed by atoms with Crippen molar-refractivity contribution in [3.05, 3.63) is 36.7 Å². The molecule has 0 saturated carbocycles. The van der Waals surface area contributed by atoms with E-state index in [4.69, 9.17) is 9.47 Å². The van der Waals surface area contributed by atoms with Crippen molar-refractivity contribution >= 4 is 17.1 Å². The van der Waals surface area contributed by atoms with Gasteiger partial charge in [-0.2, -0.15) is 0 Å². The van der Waals surface area contributed by atoms with E-state index in [0.29, 0.717) is 13.2 Å². The molecule has 2 aromatic rings. The summed E-state index contributed by atoms with van der Waals surface area (Å²) in [6.45, 7) is 1.39. The van der Waals surface area contributed by atoms with Crippen LogP contribution in [0.3, 0.4) is 0 Å². The summed E-state index contributed by atoms with van der Waals surface area (Å²) in [5.74, 6) is 1.58. The molecule has 0 radical (unpaired) electrons. The molecule has 0 bridgehead atoms. The van der Waals surface area contributed by atoms with Crippen LogP contribution in [-0.2, 0) is 0 Å². The molecule has 0 unspecified atom stereocenters. The molecule has 2 N–H and O–H groups in total. The number of nitrogens with one attached hydrogen (secondary N) is 2. The maximum Gasteiger partial charge on any atom is 0.163 e. The number of pyridine rings is 1. The topological polar surface area (TPSA) is 55.4 Å². The normalized spacial score (nSPS) is 13.4. The Labute approximate surface area is 117 Å². The van der Waals surface area contributed by atoms with E-state index in [1.165, 1.54) is 0 Å². The minimum atomic E-state index is 0.688. The summed E-state index contributed by atoms with van der Waals surface area (Å²) in [5, 5.41) is 6.38. The van der Waals surface area contributed by atoms with Gasteiger partial charge in [0.25, 0.3) is 0 Å². The Morgan fingerprint density at radius 2 is 1.75 bits per heavy atom. The summed E-state index contributed by atoms with van der Waals surface area (Å²) >= 11 is 0. The fourth-order valence-corrected chi connectivity index (χ4v) is 2.05. The molecule has 0 spiro atoms. The number of rotatable bonds is 3. The van der Waals surface area contributed by atoms with Gasteiger partial charge in [0.2, 0.25) is 0 Å². The van der Waals surface area contributed by atoms with E-state index in [0.717, 1.165) is 35.0 Å². The van der Waals surface area contributed by atoms with Crippen molar-refractivity contribution in [2.24, 2.45) is 0 Å². The van der Waals surface area contributed by atoms with Crippen molar-refractivity contribution in [1.82, 2.24) is 4.98 Å². The summed E-state index contributed by atoms with van der Waals surface area (Å²) in [7, 11) is 1.87. The first-order valence-corrected chi connectivity index (χ1v) is 6.64. The Morgan fingerprint density at radius 1 is 0.950 bits per heavy atom. The van der Waals surface area contributed by atoms with Crippen molar-refractivity contribution in [2.75, 3.05) is 30.9 Å². The molecular formula is C15H17N3O2. The molecule has 0 fully saturated rings. The molecule has 0 saturated heterocycles. The van der Waals surface area contributed by atoms with Gasteiger partial charge >= 0.3 is 0 Å². The fourth-order valence-electron chi connectivity index (χ4n) is 2.05. The van der Waals surface area contributed by atoms with Crippen LogP contribution in [0.25, 0.3) is 0 Å². The van der Waals surface area contributed by atoms with E-state index < -0.39 is 0 Å². The average Bonchev–Trinajstić information content (AvgIpc) is 2.72. The maximum absolute atomic E-state index is 5.68. The average molecular weight is 271 g/mol. The number of anilines is 3. The third-order valence-corrected chi connectivity index (χ3v) is 3.06. The molecule has 5 nitrogen and oxygen atoms in total. The van der Waals surface area contributed by atoms with Crippen molar-refractivity contribution in [2.45, 2.75) is 6.42 Å². The Bertz CT molecular complexity index is 601. The lowest BCUT2D eigenvalue weighted by atomic mass is 10.2. The second kappa shape index (κ2) is 5.69. The molecule has 104 valence electrons. The SMILES string of the molecule is CNc1cncc(Nc2ccc3c(c2)OCCCO3)c1. The van der Waals surface area contributed by atoms with Crippen LogP contribution in [0.15, 0.2) is 36.7 Å². The van der Waals surface area contributed by atoms with Crippen LogP contribution in [-0.4, -0.2) is 25.2 Å². The van der Waals surface area contributed by atoms with Crippen molar-refractivity contribution in [3.8, 4) is 11.5 Å². The third kappa shape index (κ3) is 2.77. The van der Waals surface area contributed by atoms with Gasteiger partial charge in [0, 0.05) is 25.2 Å². The van der Waals surface area contributed by atoms with E-state index in [-0.39, 0.29) is 0 Å². The fraction of sp³-hybridized carbons (Fsp3) is 0.267. The van der Waals surface area contributed by atoms with E-state index >= 15 is 0 Å². The van der Waals surface area contributed by atoms with Crippen LogP contribution in [0.4, 0.5) is 17.1 Å². The first kappa shape index (κ1) is 12.6. The predicted octanol–water partition coefficient (Wildman–Crippen LogP) is 3.03. The van der Waals surface area contributed by atoms with Crippen LogP contribution < -0.4 is 20.1 Å². The third-order valence-electron chi connectivity index (χ3n) is 3.06. The molecule has 2 heterocycles. The largest absolute Gasteiger partial charge is 0.490 e. The van der Waals surface area contributed by atoms with Crippen LogP contribution >= 0.6 is 0 Å². The van der Waals surface area contributed by atoms with Gasteiger partial charge in [-0.05, 0) is 18.2 Å². The van der Waals surface area contributed by atoms with Gasteiger partial charge in [0.15, 0.2) is 11.5 Å².